The van der Waals surface area contributed by atoms with E-state index in [2.05, 4.69) is 4.90 Å². The summed E-state index contributed by atoms with van der Waals surface area (Å²) in [6.07, 6.45) is 0.850. The van der Waals surface area contributed by atoms with Gasteiger partial charge in [-0.3, -0.25) is 33.9 Å². The standard InChI is InChI=1S/C24H44N4O8/c1-5-36-23(35)7-6-8-25-9-10-26(16-20(29)30)11-12-27(17-21(31)32)15-19(24(2,3)4)28(14-13-25)18-22(33)34/h19H,5-18H2,1-4H3,(H,29,30)(H,31,32)(H,33,34). The average molecular weight is 517 g/mol. The van der Waals surface area contributed by atoms with Crippen LogP contribution in [-0.4, -0.2) is 143 Å². The van der Waals surface area contributed by atoms with Gasteiger partial charge in [-0.05, 0) is 25.3 Å². The van der Waals surface area contributed by atoms with Crippen LogP contribution in [0.2, 0.25) is 0 Å². The number of carboxylic acid groups (broad SMARTS) is 3. The van der Waals surface area contributed by atoms with Crippen LogP contribution >= 0.6 is 0 Å². The van der Waals surface area contributed by atoms with E-state index in [0.717, 1.165) is 0 Å². The largest absolute Gasteiger partial charge is 0.480 e. The van der Waals surface area contributed by atoms with E-state index in [4.69, 9.17) is 4.74 Å². The Morgan fingerprint density at radius 2 is 1.28 bits per heavy atom. The number of nitrogens with zero attached hydrogens (tertiary/aromatic N) is 4. The SMILES string of the molecule is CCOC(=O)CCCN1CCN(CC(=O)O)CCN(CC(=O)O)CC(C(C)(C)C)N(CC(=O)O)CC1. The van der Waals surface area contributed by atoms with Crippen molar-refractivity contribution in [3.8, 4) is 0 Å². The maximum absolute atomic E-state index is 11.8. The van der Waals surface area contributed by atoms with Crippen molar-refractivity contribution in [3.63, 3.8) is 0 Å². The Morgan fingerprint density at radius 1 is 0.778 bits per heavy atom. The molecule has 1 fully saturated rings. The van der Waals surface area contributed by atoms with Crippen molar-refractivity contribution in [3.05, 3.63) is 0 Å². The number of esters is 1. The second-order valence-corrected chi connectivity index (χ2v) is 10.3. The number of hydrogen-bond acceptors (Lipinski definition) is 9. The van der Waals surface area contributed by atoms with E-state index in [9.17, 15) is 34.5 Å². The van der Waals surface area contributed by atoms with Gasteiger partial charge in [-0.15, -0.1) is 0 Å². The molecular formula is C24H44N4O8. The van der Waals surface area contributed by atoms with Crippen LogP contribution in [0.4, 0.5) is 0 Å². The maximum atomic E-state index is 11.8. The summed E-state index contributed by atoms with van der Waals surface area (Å²) in [6.45, 7) is 11.1. The molecule has 0 aromatic carbocycles. The third kappa shape index (κ3) is 13.1. The lowest BCUT2D eigenvalue weighted by Crippen LogP contribution is -2.56. The Kier molecular flexibility index (Phi) is 13.9. The van der Waals surface area contributed by atoms with Gasteiger partial charge in [-0.2, -0.15) is 0 Å². The van der Waals surface area contributed by atoms with Gasteiger partial charge >= 0.3 is 23.9 Å². The molecule has 12 nitrogen and oxygen atoms in total. The first kappa shape index (κ1) is 31.7. The minimum Gasteiger partial charge on any atom is -0.480 e. The molecule has 0 aliphatic carbocycles. The molecular weight excluding hydrogens is 472 g/mol. The minimum atomic E-state index is -0.989. The number of carbonyl (C=O) groups is 4. The fourth-order valence-electron chi connectivity index (χ4n) is 4.44. The van der Waals surface area contributed by atoms with Gasteiger partial charge in [0.1, 0.15) is 0 Å². The molecule has 208 valence electrons. The van der Waals surface area contributed by atoms with Crippen molar-refractivity contribution >= 4 is 23.9 Å². The molecule has 1 unspecified atom stereocenters. The first-order chi connectivity index (χ1) is 16.8. The average Bonchev–Trinajstić information content (AvgIpc) is 2.73. The van der Waals surface area contributed by atoms with Crippen LogP contribution < -0.4 is 0 Å². The summed E-state index contributed by atoms with van der Waals surface area (Å²) in [5, 5.41) is 28.4. The Morgan fingerprint density at radius 3 is 1.81 bits per heavy atom. The Labute approximate surface area is 213 Å². The molecule has 0 aromatic heterocycles. The zero-order valence-corrected chi connectivity index (χ0v) is 22.1. The fraction of sp³-hybridized carbons (Fsp3) is 0.833. The smallest absolute Gasteiger partial charge is 0.317 e. The van der Waals surface area contributed by atoms with Crippen LogP contribution in [0.15, 0.2) is 0 Å². The van der Waals surface area contributed by atoms with Gasteiger partial charge in [-0.1, -0.05) is 20.8 Å². The number of rotatable bonds is 11. The highest BCUT2D eigenvalue weighted by molar-refractivity contribution is 5.70. The third-order valence-corrected chi connectivity index (χ3v) is 6.26. The summed E-state index contributed by atoms with van der Waals surface area (Å²) in [4.78, 5) is 54.1. The summed E-state index contributed by atoms with van der Waals surface area (Å²) in [6, 6.07) is -0.248. The van der Waals surface area contributed by atoms with E-state index in [0.29, 0.717) is 65.4 Å². The summed E-state index contributed by atoms with van der Waals surface area (Å²) in [5.74, 6) is -3.17. The van der Waals surface area contributed by atoms with Crippen molar-refractivity contribution in [2.75, 3.05) is 78.6 Å². The zero-order chi connectivity index (χ0) is 27.3. The van der Waals surface area contributed by atoms with E-state index in [1.165, 1.54) is 0 Å². The van der Waals surface area contributed by atoms with Crippen LogP contribution in [0.5, 0.6) is 0 Å². The molecule has 1 aliphatic rings. The highest BCUT2D eigenvalue weighted by Crippen LogP contribution is 2.26. The summed E-state index contributed by atoms with van der Waals surface area (Å²) in [7, 11) is 0. The van der Waals surface area contributed by atoms with Gasteiger partial charge in [0.25, 0.3) is 0 Å². The highest BCUT2D eigenvalue weighted by Gasteiger charge is 2.34. The molecule has 0 spiro atoms. The summed E-state index contributed by atoms with van der Waals surface area (Å²) < 4.78 is 5.00. The Hall–Kier alpha value is -2.28. The molecule has 0 aromatic rings. The zero-order valence-electron chi connectivity index (χ0n) is 22.1. The van der Waals surface area contributed by atoms with Crippen LogP contribution in [0.25, 0.3) is 0 Å². The van der Waals surface area contributed by atoms with Crippen molar-refractivity contribution in [2.24, 2.45) is 5.41 Å². The predicted molar refractivity (Wildman–Crippen MR) is 133 cm³/mol. The second-order valence-electron chi connectivity index (χ2n) is 10.3. The van der Waals surface area contributed by atoms with Crippen molar-refractivity contribution in [1.82, 2.24) is 19.6 Å². The molecule has 0 amide bonds. The Balaban J connectivity index is 3.18. The molecule has 1 saturated heterocycles. The molecule has 36 heavy (non-hydrogen) atoms. The number of carbonyl (C=O) groups excluding carboxylic acids is 1. The monoisotopic (exact) mass is 516 g/mol. The molecule has 0 saturated carbocycles. The quantitative estimate of drug-likeness (QED) is 0.322. The fourth-order valence-corrected chi connectivity index (χ4v) is 4.44. The molecule has 1 rings (SSSR count). The van der Waals surface area contributed by atoms with E-state index in [1.54, 1.807) is 16.7 Å². The predicted octanol–water partition coefficient (Wildman–Crippen LogP) is 0.220. The van der Waals surface area contributed by atoms with Crippen LogP contribution in [0.1, 0.15) is 40.5 Å². The normalized spacial score (nSPS) is 20.3. The number of carboxylic acids is 3. The maximum Gasteiger partial charge on any atom is 0.317 e. The lowest BCUT2D eigenvalue weighted by Gasteiger charge is -2.43. The van der Waals surface area contributed by atoms with Crippen LogP contribution in [0, 0.1) is 5.41 Å². The molecule has 1 aliphatic heterocycles. The van der Waals surface area contributed by atoms with E-state index in [-0.39, 0.29) is 43.5 Å². The van der Waals surface area contributed by atoms with Gasteiger partial charge in [0.15, 0.2) is 0 Å². The summed E-state index contributed by atoms with van der Waals surface area (Å²) in [5.41, 5.74) is -0.341. The topological polar surface area (TPSA) is 151 Å². The number of hydrogen-bond donors (Lipinski definition) is 3. The molecule has 1 heterocycles. The van der Waals surface area contributed by atoms with Crippen LogP contribution in [0.3, 0.4) is 0 Å². The molecule has 0 radical (unpaired) electrons. The van der Waals surface area contributed by atoms with Gasteiger partial charge in [-0.25, -0.2) is 0 Å². The first-order valence-corrected chi connectivity index (χ1v) is 12.5. The minimum absolute atomic E-state index is 0.161. The van der Waals surface area contributed by atoms with E-state index in [1.807, 2.05) is 25.7 Å². The van der Waals surface area contributed by atoms with Crippen molar-refractivity contribution < 1.29 is 39.2 Å². The lowest BCUT2D eigenvalue weighted by molar-refractivity contribution is -0.143. The lowest BCUT2D eigenvalue weighted by atomic mass is 9.85. The number of ether oxygens (including phenoxy) is 1. The van der Waals surface area contributed by atoms with Gasteiger partial charge < -0.3 is 25.0 Å². The van der Waals surface area contributed by atoms with Crippen molar-refractivity contribution in [1.29, 1.82) is 0 Å². The van der Waals surface area contributed by atoms with E-state index < -0.39 is 17.9 Å². The van der Waals surface area contributed by atoms with Gasteiger partial charge in [0.2, 0.25) is 0 Å². The second kappa shape index (κ2) is 15.7. The van der Waals surface area contributed by atoms with Crippen molar-refractivity contribution in [2.45, 2.75) is 46.6 Å². The van der Waals surface area contributed by atoms with E-state index >= 15 is 0 Å². The van der Waals surface area contributed by atoms with Crippen LogP contribution in [-0.2, 0) is 23.9 Å². The third-order valence-electron chi connectivity index (χ3n) is 6.26. The molecule has 12 heteroatoms. The van der Waals surface area contributed by atoms with Gasteiger partial charge in [0, 0.05) is 58.3 Å². The molecule has 1 atom stereocenters. The van der Waals surface area contributed by atoms with Gasteiger partial charge in [0.05, 0.1) is 26.2 Å². The Bertz CT molecular complexity index is 727. The number of aliphatic carboxylic acids is 3. The molecule has 3 N–H and O–H groups in total. The first-order valence-electron chi connectivity index (χ1n) is 12.5. The summed E-state index contributed by atoms with van der Waals surface area (Å²) >= 11 is 0. The molecule has 0 bridgehead atoms. The highest BCUT2D eigenvalue weighted by atomic mass is 16.5.